The number of hydrogen-bond acceptors (Lipinski definition) is 2. The van der Waals surface area contributed by atoms with Gasteiger partial charge in [-0.2, -0.15) is 18.3 Å². The number of alkyl halides is 3. The summed E-state index contributed by atoms with van der Waals surface area (Å²) in [6, 6.07) is 6.65. The fourth-order valence-corrected chi connectivity index (χ4v) is 2.08. The Hall–Kier alpha value is -1.53. The summed E-state index contributed by atoms with van der Waals surface area (Å²) in [7, 11) is 1.59. The molecule has 0 aliphatic heterocycles. The van der Waals surface area contributed by atoms with Crippen molar-refractivity contribution in [2.75, 3.05) is 7.05 Å². The third-order valence-electron chi connectivity index (χ3n) is 2.80. The summed E-state index contributed by atoms with van der Waals surface area (Å²) in [5.41, 5.74) is 0.120. The number of halogens is 4. The third kappa shape index (κ3) is 3.32. The van der Waals surface area contributed by atoms with E-state index in [1.807, 2.05) is 0 Å². The minimum Gasteiger partial charge on any atom is -0.316 e. The fourth-order valence-electron chi connectivity index (χ4n) is 1.95. The van der Waals surface area contributed by atoms with Crippen molar-refractivity contribution in [3.8, 4) is 0 Å². The van der Waals surface area contributed by atoms with Crippen molar-refractivity contribution in [2.45, 2.75) is 19.3 Å². The molecule has 0 unspecified atom stereocenters. The largest absolute Gasteiger partial charge is 0.433 e. The lowest BCUT2D eigenvalue weighted by atomic mass is 10.2. The second-order valence-corrected chi connectivity index (χ2v) is 4.77. The number of hydrogen-bond donors (Lipinski definition) is 1. The lowest BCUT2D eigenvalue weighted by Crippen LogP contribution is -2.19. The molecule has 20 heavy (non-hydrogen) atoms. The molecule has 108 valence electrons. The predicted molar refractivity (Wildman–Crippen MR) is 70.5 cm³/mol. The van der Waals surface area contributed by atoms with Crippen LogP contribution in [0, 0.1) is 0 Å². The van der Waals surface area contributed by atoms with E-state index < -0.39 is 11.9 Å². The summed E-state index contributed by atoms with van der Waals surface area (Å²) in [5, 5.41) is 7.10. The number of nitrogens with zero attached hydrogens (tertiary/aromatic N) is 2. The van der Waals surface area contributed by atoms with Crippen molar-refractivity contribution < 1.29 is 13.2 Å². The maximum Gasteiger partial charge on any atom is 0.433 e. The van der Waals surface area contributed by atoms with E-state index in [0.29, 0.717) is 10.6 Å². The van der Waals surface area contributed by atoms with Gasteiger partial charge in [0.05, 0.1) is 12.7 Å². The van der Waals surface area contributed by atoms with Gasteiger partial charge in [-0.1, -0.05) is 23.7 Å². The van der Waals surface area contributed by atoms with Crippen LogP contribution in [0.4, 0.5) is 13.2 Å². The second-order valence-electron chi connectivity index (χ2n) is 4.33. The minimum atomic E-state index is -4.44. The van der Waals surface area contributed by atoms with Gasteiger partial charge in [0.1, 0.15) is 5.69 Å². The summed E-state index contributed by atoms with van der Waals surface area (Å²) >= 11 is 5.75. The summed E-state index contributed by atoms with van der Waals surface area (Å²) in [6.45, 7) is 0.172. The van der Waals surface area contributed by atoms with Gasteiger partial charge in [0.15, 0.2) is 0 Å². The average molecular weight is 304 g/mol. The maximum atomic E-state index is 13.1. The molecule has 2 aromatic rings. The van der Waals surface area contributed by atoms with Crippen LogP contribution < -0.4 is 5.32 Å². The molecule has 2 rings (SSSR count). The molecule has 0 fully saturated rings. The normalized spacial score (nSPS) is 11.8. The molecule has 0 radical (unpaired) electrons. The van der Waals surface area contributed by atoms with Gasteiger partial charge in [-0.3, -0.25) is 4.68 Å². The zero-order valence-corrected chi connectivity index (χ0v) is 11.5. The zero-order chi connectivity index (χ0) is 14.8. The van der Waals surface area contributed by atoms with E-state index in [4.69, 9.17) is 11.6 Å². The van der Waals surface area contributed by atoms with Crippen LogP contribution in [-0.2, 0) is 19.3 Å². The molecule has 3 nitrogen and oxygen atoms in total. The van der Waals surface area contributed by atoms with E-state index in [1.165, 1.54) is 6.20 Å². The molecular weight excluding hydrogens is 291 g/mol. The summed E-state index contributed by atoms with van der Waals surface area (Å²) in [5.74, 6) is 0. The third-order valence-corrected chi connectivity index (χ3v) is 3.05. The first-order chi connectivity index (χ1) is 9.41. The molecule has 0 aliphatic rings. The van der Waals surface area contributed by atoms with E-state index in [9.17, 15) is 13.2 Å². The molecule has 0 spiro atoms. The Morgan fingerprint density at radius 2 is 1.90 bits per heavy atom. The van der Waals surface area contributed by atoms with Crippen molar-refractivity contribution in [3.63, 3.8) is 0 Å². The number of nitrogens with one attached hydrogen (secondary N) is 1. The highest BCUT2D eigenvalue weighted by molar-refractivity contribution is 6.30. The zero-order valence-electron chi connectivity index (χ0n) is 10.7. The van der Waals surface area contributed by atoms with Crippen molar-refractivity contribution in [2.24, 2.45) is 0 Å². The first kappa shape index (κ1) is 14.9. The first-order valence-corrected chi connectivity index (χ1v) is 6.30. The van der Waals surface area contributed by atoms with E-state index in [1.54, 1.807) is 31.3 Å². The predicted octanol–water partition coefficient (Wildman–Crippen LogP) is 3.32. The highest BCUT2D eigenvalue weighted by Crippen LogP contribution is 2.32. The monoisotopic (exact) mass is 303 g/mol. The Bertz CT molecular complexity index is 576. The van der Waals surface area contributed by atoms with E-state index in [0.717, 1.165) is 4.68 Å². The topological polar surface area (TPSA) is 29.9 Å². The SMILES string of the molecule is CNCc1cnn(Cc2ccc(Cl)cc2)c1C(F)(F)F. The van der Waals surface area contributed by atoms with Gasteiger partial charge in [-0.25, -0.2) is 0 Å². The summed E-state index contributed by atoms with van der Waals surface area (Å²) < 4.78 is 40.3. The fraction of sp³-hybridized carbons (Fsp3) is 0.308. The highest BCUT2D eigenvalue weighted by atomic mass is 35.5. The van der Waals surface area contributed by atoms with Crippen molar-refractivity contribution in [1.82, 2.24) is 15.1 Å². The molecular formula is C13H13ClF3N3. The first-order valence-electron chi connectivity index (χ1n) is 5.92. The van der Waals surface area contributed by atoms with Crippen molar-refractivity contribution in [3.05, 3.63) is 52.3 Å². The van der Waals surface area contributed by atoms with Crippen LogP contribution in [0.25, 0.3) is 0 Å². The van der Waals surface area contributed by atoms with Gasteiger partial charge in [-0.05, 0) is 24.7 Å². The van der Waals surface area contributed by atoms with Gasteiger partial charge in [0.2, 0.25) is 0 Å². The molecule has 0 aliphatic carbocycles. The molecule has 1 aromatic heterocycles. The van der Waals surface area contributed by atoms with Gasteiger partial charge in [0, 0.05) is 17.1 Å². The quantitative estimate of drug-likeness (QED) is 0.939. The smallest absolute Gasteiger partial charge is 0.316 e. The summed E-state index contributed by atoms with van der Waals surface area (Å²) in [4.78, 5) is 0. The van der Waals surface area contributed by atoms with E-state index in [-0.39, 0.29) is 18.7 Å². The van der Waals surface area contributed by atoms with E-state index in [2.05, 4.69) is 10.4 Å². The van der Waals surface area contributed by atoms with Crippen LogP contribution >= 0.6 is 11.6 Å². The van der Waals surface area contributed by atoms with Gasteiger partial charge >= 0.3 is 6.18 Å². The number of aromatic nitrogens is 2. The van der Waals surface area contributed by atoms with Crippen LogP contribution in [0.1, 0.15) is 16.8 Å². The van der Waals surface area contributed by atoms with Crippen LogP contribution in [0.2, 0.25) is 5.02 Å². The Morgan fingerprint density at radius 1 is 1.25 bits per heavy atom. The number of rotatable bonds is 4. The molecule has 0 bridgehead atoms. The molecule has 0 saturated carbocycles. The lowest BCUT2D eigenvalue weighted by Gasteiger charge is -2.13. The molecule has 0 atom stereocenters. The molecule has 1 aromatic carbocycles. The van der Waals surface area contributed by atoms with Crippen LogP contribution in [0.15, 0.2) is 30.5 Å². The van der Waals surface area contributed by atoms with Crippen molar-refractivity contribution in [1.29, 1.82) is 0 Å². The van der Waals surface area contributed by atoms with Gasteiger partial charge < -0.3 is 5.32 Å². The maximum absolute atomic E-state index is 13.1. The minimum absolute atomic E-state index is 0.0513. The van der Waals surface area contributed by atoms with E-state index >= 15 is 0 Å². The molecule has 0 saturated heterocycles. The molecule has 1 N–H and O–H groups in total. The Kier molecular flexibility index (Phi) is 4.35. The highest BCUT2D eigenvalue weighted by Gasteiger charge is 2.37. The Balaban J connectivity index is 2.34. The van der Waals surface area contributed by atoms with Crippen molar-refractivity contribution >= 4 is 11.6 Å². The van der Waals surface area contributed by atoms with Crippen LogP contribution in [-0.4, -0.2) is 16.8 Å². The molecule has 7 heteroatoms. The van der Waals surface area contributed by atoms with Gasteiger partial charge in [-0.15, -0.1) is 0 Å². The summed E-state index contributed by atoms with van der Waals surface area (Å²) in [6.07, 6.45) is -3.19. The average Bonchev–Trinajstić information content (AvgIpc) is 2.75. The van der Waals surface area contributed by atoms with Crippen LogP contribution in [0.5, 0.6) is 0 Å². The Labute approximate surface area is 119 Å². The van der Waals surface area contributed by atoms with Crippen LogP contribution in [0.3, 0.4) is 0 Å². The second kappa shape index (κ2) is 5.85. The standard InChI is InChI=1S/C13H13ClF3N3/c1-18-6-10-7-19-20(12(10)13(15,16)17)8-9-2-4-11(14)5-3-9/h2-5,7,18H,6,8H2,1H3. The lowest BCUT2D eigenvalue weighted by molar-refractivity contribution is -0.144. The number of benzene rings is 1. The Morgan fingerprint density at radius 3 is 2.45 bits per heavy atom. The van der Waals surface area contributed by atoms with Gasteiger partial charge in [0.25, 0.3) is 0 Å². The molecule has 1 heterocycles. The molecule has 0 amide bonds.